The number of aromatic nitrogens is 3. The Labute approximate surface area is 107 Å². The maximum absolute atomic E-state index is 11.8. The van der Waals surface area contributed by atoms with Crippen LogP contribution in [-0.2, 0) is 10.2 Å². The SMILES string of the molecule is CN(C)S(=O)(=O)N1CC(n2cc(C3CC3)nn2)C1. The van der Waals surface area contributed by atoms with Gasteiger partial charge in [0.1, 0.15) is 0 Å². The molecule has 1 aromatic heterocycles. The van der Waals surface area contributed by atoms with Gasteiger partial charge in [-0.25, -0.2) is 4.68 Å². The molecular weight excluding hydrogens is 254 g/mol. The fourth-order valence-electron chi connectivity index (χ4n) is 2.04. The first-order chi connectivity index (χ1) is 8.48. The molecule has 2 fully saturated rings. The predicted molar refractivity (Wildman–Crippen MR) is 65.2 cm³/mol. The van der Waals surface area contributed by atoms with Gasteiger partial charge in [0.25, 0.3) is 10.2 Å². The van der Waals surface area contributed by atoms with Crippen LogP contribution >= 0.6 is 0 Å². The van der Waals surface area contributed by atoms with Crippen molar-refractivity contribution in [1.82, 2.24) is 23.6 Å². The average Bonchev–Trinajstić information content (AvgIpc) is 2.97. The number of nitrogens with zero attached hydrogens (tertiary/aromatic N) is 5. The zero-order chi connectivity index (χ0) is 12.9. The molecule has 0 spiro atoms. The van der Waals surface area contributed by atoms with Crippen LogP contribution in [0.15, 0.2) is 6.20 Å². The first-order valence-corrected chi connectivity index (χ1v) is 7.47. The second-order valence-electron chi connectivity index (χ2n) is 5.16. The molecule has 1 aromatic rings. The van der Waals surface area contributed by atoms with E-state index in [1.807, 2.05) is 6.20 Å². The highest BCUT2D eigenvalue weighted by atomic mass is 32.2. The van der Waals surface area contributed by atoms with Crippen molar-refractivity contribution in [3.63, 3.8) is 0 Å². The predicted octanol–water partition coefficient (Wildman–Crippen LogP) is -0.181. The third kappa shape index (κ3) is 1.94. The highest BCUT2D eigenvalue weighted by Crippen LogP contribution is 2.39. The highest BCUT2D eigenvalue weighted by molar-refractivity contribution is 7.86. The molecule has 100 valence electrons. The quantitative estimate of drug-likeness (QED) is 0.761. The molecule has 0 aromatic carbocycles. The lowest BCUT2D eigenvalue weighted by molar-refractivity contribution is 0.180. The molecule has 7 nitrogen and oxygen atoms in total. The van der Waals surface area contributed by atoms with Crippen molar-refractivity contribution in [1.29, 1.82) is 0 Å². The minimum atomic E-state index is -3.27. The lowest BCUT2D eigenvalue weighted by Crippen LogP contribution is -2.54. The Morgan fingerprint density at radius 3 is 2.56 bits per heavy atom. The minimum absolute atomic E-state index is 0.125. The van der Waals surface area contributed by atoms with E-state index in [0.29, 0.717) is 19.0 Å². The molecule has 2 heterocycles. The Hall–Kier alpha value is -0.990. The van der Waals surface area contributed by atoms with Crippen LogP contribution in [0, 0.1) is 0 Å². The maximum Gasteiger partial charge on any atom is 0.281 e. The normalized spacial score (nSPS) is 22.4. The second kappa shape index (κ2) is 4.01. The van der Waals surface area contributed by atoms with Crippen LogP contribution in [0.2, 0.25) is 0 Å². The highest BCUT2D eigenvalue weighted by Gasteiger charge is 2.39. The summed E-state index contributed by atoms with van der Waals surface area (Å²) in [5.41, 5.74) is 1.05. The Morgan fingerprint density at radius 1 is 1.33 bits per heavy atom. The van der Waals surface area contributed by atoms with Gasteiger partial charge in [-0.1, -0.05) is 5.21 Å². The van der Waals surface area contributed by atoms with Crippen molar-refractivity contribution in [3.8, 4) is 0 Å². The van der Waals surface area contributed by atoms with Crippen LogP contribution < -0.4 is 0 Å². The first kappa shape index (κ1) is 12.1. The van der Waals surface area contributed by atoms with Gasteiger partial charge < -0.3 is 0 Å². The number of rotatable bonds is 4. The molecule has 0 bridgehead atoms. The van der Waals surface area contributed by atoms with Crippen LogP contribution in [0.5, 0.6) is 0 Å². The fourth-order valence-corrected chi connectivity index (χ4v) is 3.22. The Bertz CT molecular complexity index is 542. The van der Waals surface area contributed by atoms with Gasteiger partial charge in [0.2, 0.25) is 0 Å². The van der Waals surface area contributed by atoms with Crippen molar-refractivity contribution in [2.75, 3.05) is 27.2 Å². The second-order valence-corrected chi connectivity index (χ2v) is 7.30. The Kier molecular flexibility index (Phi) is 2.68. The summed E-state index contributed by atoms with van der Waals surface area (Å²) in [4.78, 5) is 0. The van der Waals surface area contributed by atoms with Gasteiger partial charge in [0.05, 0.1) is 11.7 Å². The molecule has 8 heteroatoms. The average molecular weight is 271 g/mol. The molecule has 1 aliphatic heterocycles. The van der Waals surface area contributed by atoms with Gasteiger partial charge in [0, 0.05) is 39.3 Å². The van der Waals surface area contributed by atoms with Crippen LogP contribution in [0.1, 0.15) is 30.5 Å². The Balaban J connectivity index is 1.64. The van der Waals surface area contributed by atoms with Gasteiger partial charge >= 0.3 is 0 Å². The third-order valence-corrected chi connectivity index (χ3v) is 5.39. The standard InChI is InChI=1S/C10H17N5O2S/c1-13(2)18(16,17)14-5-9(6-14)15-7-10(11-12-15)8-3-4-8/h7-9H,3-6H2,1-2H3. The monoisotopic (exact) mass is 271 g/mol. The van der Waals surface area contributed by atoms with Crippen LogP contribution in [-0.4, -0.2) is 59.2 Å². The number of hydrogen-bond acceptors (Lipinski definition) is 4. The molecule has 0 unspecified atom stereocenters. The molecule has 1 saturated heterocycles. The van der Waals surface area contributed by atoms with E-state index in [-0.39, 0.29) is 6.04 Å². The zero-order valence-electron chi connectivity index (χ0n) is 10.5. The summed E-state index contributed by atoms with van der Waals surface area (Å²) < 4.78 is 28.1. The largest absolute Gasteiger partial charge is 0.281 e. The van der Waals surface area contributed by atoms with Crippen molar-refractivity contribution in [2.24, 2.45) is 0 Å². The summed E-state index contributed by atoms with van der Waals surface area (Å²) in [6.45, 7) is 0.960. The molecule has 1 saturated carbocycles. The maximum atomic E-state index is 11.8. The van der Waals surface area contributed by atoms with Crippen molar-refractivity contribution in [3.05, 3.63) is 11.9 Å². The minimum Gasteiger partial charge on any atom is -0.247 e. The van der Waals surface area contributed by atoms with Crippen molar-refractivity contribution in [2.45, 2.75) is 24.8 Å². The smallest absolute Gasteiger partial charge is 0.247 e. The van der Waals surface area contributed by atoms with Crippen LogP contribution in [0.4, 0.5) is 0 Å². The van der Waals surface area contributed by atoms with E-state index >= 15 is 0 Å². The van der Waals surface area contributed by atoms with E-state index in [9.17, 15) is 8.42 Å². The zero-order valence-corrected chi connectivity index (χ0v) is 11.3. The van der Waals surface area contributed by atoms with E-state index in [2.05, 4.69) is 10.3 Å². The summed E-state index contributed by atoms with van der Waals surface area (Å²) in [6.07, 6.45) is 4.36. The lowest BCUT2D eigenvalue weighted by atomic mass is 10.2. The van der Waals surface area contributed by atoms with Gasteiger partial charge in [0.15, 0.2) is 0 Å². The van der Waals surface area contributed by atoms with E-state index in [1.165, 1.54) is 21.5 Å². The summed E-state index contributed by atoms with van der Waals surface area (Å²) in [7, 11) is -0.183. The summed E-state index contributed by atoms with van der Waals surface area (Å²) in [5.74, 6) is 0.584. The molecule has 1 aliphatic carbocycles. The van der Waals surface area contributed by atoms with Gasteiger partial charge in [-0.15, -0.1) is 5.10 Å². The van der Waals surface area contributed by atoms with Crippen LogP contribution in [0.3, 0.4) is 0 Å². The molecule has 0 N–H and O–H groups in total. The Morgan fingerprint density at radius 2 is 2.00 bits per heavy atom. The molecule has 3 rings (SSSR count). The molecule has 2 aliphatic rings. The van der Waals surface area contributed by atoms with Gasteiger partial charge in [-0.05, 0) is 12.8 Å². The van der Waals surface area contributed by atoms with Gasteiger partial charge in [-0.3, -0.25) is 0 Å². The molecule has 18 heavy (non-hydrogen) atoms. The third-order valence-electron chi connectivity index (χ3n) is 3.51. The van der Waals surface area contributed by atoms with E-state index < -0.39 is 10.2 Å². The number of hydrogen-bond donors (Lipinski definition) is 0. The van der Waals surface area contributed by atoms with Crippen LogP contribution in [0.25, 0.3) is 0 Å². The molecule has 0 radical (unpaired) electrons. The first-order valence-electron chi connectivity index (χ1n) is 6.08. The fraction of sp³-hybridized carbons (Fsp3) is 0.800. The lowest BCUT2D eigenvalue weighted by Gasteiger charge is -2.38. The molecule has 0 amide bonds. The van der Waals surface area contributed by atoms with Crippen molar-refractivity contribution < 1.29 is 8.42 Å². The van der Waals surface area contributed by atoms with E-state index in [0.717, 1.165) is 5.69 Å². The van der Waals surface area contributed by atoms with Gasteiger partial charge in [-0.2, -0.15) is 17.0 Å². The topological polar surface area (TPSA) is 71.3 Å². The van der Waals surface area contributed by atoms with E-state index in [4.69, 9.17) is 0 Å². The summed E-state index contributed by atoms with van der Waals surface area (Å²) in [5, 5.41) is 8.23. The van der Waals surface area contributed by atoms with Crippen molar-refractivity contribution >= 4 is 10.2 Å². The summed E-state index contributed by atoms with van der Waals surface area (Å²) in [6, 6.07) is 0.125. The molecular formula is C10H17N5O2S. The van der Waals surface area contributed by atoms with E-state index in [1.54, 1.807) is 18.8 Å². The summed E-state index contributed by atoms with van der Waals surface area (Å²) >= 11 is 0. The molecule has 0 atom stereocenters.